The van der Waals surface area contributed by atoms with Crippen LogP contribution in [-0.2, 0) is 16.0 Å². The molecule has 0 spiro atoms. The minimum absolute atomic E-state index is 0.0451. The van der Waals surface area contributed by atoms with Crippen molar-refractivity contribution in [1.82, 2.24) is 19.8 Å². The van der Waals surface area contributed by atoms with E-state index in [9.17, 15) is 4.79 Å². The maximum atomic E-state index is 13.4. The van der Waals surface area contributed by atoms with Gasteiger partial charge >= 0.3 is 0 Å². The van der Waals surface area contributed by atoms with Gasteiger partial charge in [0.2, 0.25) is 5.91 Å². The highest BCUT2D eigenvalue weighted by Crippen LogP contribution is 2.27. The first-order valence-corrected chi connectivity index (χ1v) is 11.8. The van der Waals surface area contributed by atoms with Crippen LogP contribution in [0.5, 0.6) is 0 Å². The van der Waals surface area contributed by atoms with E-state index in [0.717, 1.165) is 68.1 Å². The van der Waals surface area contributed by atoms with Gasteiger partial charge in [-0.1, -0.05) is 55.3 Å². The fourth-order valence-corrected chi connectivity index (χ4v) is 4.51. The number of ether oxygens (including phenoxy) is 1. The van der Waals surface area contributed by atoms with Gasteiger partial charge in [0.05, 0.1) is 24.2 Å². The predicted octanol–water partition coefficient (Wildman–Crippen LogP) is 4.07. The van der Waals surface area contributed by atoms with Crippen molar-refractivity contribution in [3.63, 3.8) is 0 Å². The van der Waals surface area contributed by atoms with Crippen LogP contribution in [0.2, 0.25) is 5.02 Å². The molecule has 1 fully saturated rings. The molecule has 0 unspecified atom stereocenters. The molecule has 7 heteroatoms. The van der Waals surface area contributed by atoms with Crippen molar-refractivity contribution in [1.29, 1.82) is 0 Å². The number of nitrogens with one attached hydrogen (secondary N) is 1. The minimum atomic E-state index is -0.311. The molecule has 170 valence electrons. The van der Waals surface area contributed by atoms with Crippen LogP contribution in [0.4, 0.5) is 0 Å². The van der Waals surface area contributed by atoms with Gasteiger partial charge in [0.1, 0.15) is 11.9 Å². The molecule has 1 aromatic heterocycles. The Morgan fingerprint density at radius 2 is 1.91 bits per heavy atom. The molecular formula is C25H31ClN4O2. The highest BCUT2D eigenvalue weighted by Gasteiger charge is 2.25. The zero-order valence-corrected chi connectivity index (χ0v) is 19.4. The maximum absolute atomic E-state index is 13.4. The molecule has 1 aliphatic rings. The highest BCUT2D eigenvalue weighted by molar-refractivity contribution is 6.31. The van der Waals surface area contributed by atoms with E-state index in [2.05, 4.69) is 21.7 Å². The second-order valence-corrected chi connectivity index (χ2v) is 8.61. The molecule has 4 rings (SSSR count). The standard InChI is InChI=1S/C25H31ClN4O2/c1-2-7-23(25(31)27-12-13-29-14-16-32-17-15-29)30-22-11-6-5-10-21(22)28-24(30)18-19-8-3-4-9-20(19)26/h3-6,8-11,23H,2,7,12-18H2,1H3,(H,27,31)/t23-/m0/s1. The van der Waals surface area contributed by atoms with Crippen molar-refractivity contribution in [3.8, 4) is 0 Å². The summed E-state index contributed by atoms with van der Waals surface area (Å²) < 4.78 is 7.53. The average molecular weight is 455 g/mol. The quantitative estimate of drug-likeness (QED) is 0.529. The van der Waals surface area contributed by atoms with Gasteiger partial charge in [-0.25, -0.2) is 4.98 Å². The molecule has 2 aromatic carbocycles. The van der Waals surface area contributed by atoms with Gasteiger partial charge in [-0.15, -0.1) is 0 Å². The zero-order chi connectivity index (χ0) is 22.3. The molecular weight excluding hydrogens is 424 g/mol. The minimum Gasteiger partial charge on any atom is -0.379 e. The molecule has 0 aliphatic carbocycles. The molecule has 3 aromatic rings. The predicted molar refractivity (Wildman–Crippen MR) is 128 cm³/mol. The molecule has 0 radical (unpaired) electrons. The van der Waals surface area contributed by atoms with Gasteiger partial charge in [-0.3, -0.25) is 9.69 Å². The average Bonchev–Trinajstić information content (AvgIpc) is 3.17. The lowest BCUT2D eigenvalue weighted by Gasteiger charge is -2.27. The molecule has 1 atom stereocenters. The smallest absolute Gasteiger partial charge is 0.243 e. The number of carbonyl (C=O) groups is 1. The van der Waals surface area contributed by atoms with Gasteiger partial charge < -0.3 is 14.6 Å². The number of halogens is 1. The van der Waals surface area contributed by atoms with Gasteiger partial charge in [0.15, 0.2) is 0 Å². The second-order valence-electron chi connectivity index (χ2n) is 8.20. The van der Waals surface area contributed by atoms with Crippen LogP contribution in [-0.4, -0.2) is 59.8 Å². The molecule has 0 saturated carbocycles. The van der Waals surface area contributed by atoms with E-state index in [4.69, 9.17) is 21.3 Å². The molecule has 1 aliphatic heterocycles. The van der Waals surface area contributed by atoms with Gasteiger partial charge in [0.25, 0.3) is 0 Å². The van der Waals surface area contributed by atoms with Crippen molar-refractivity contribution in [3.05, 3.63) is 64.9 Å². The number of benzene rings is 2. The lowest BCUT2D eigenvalue weighted by molar-refractivity contribution is -0.124. The third-order valence-corrected chi connectivity index (χ3v) is 6.35. The molecule has 1 N–H and O–H groups in total. The molecule has 1 amide bonds. The Balaban J connectivity index is 1.58. The number of morpholine rings is 1. The normalized spacial score (nSPS) is 15.7. The molecule has 1 saturated heterocycles. The number of hydrogen-bond acceptors (Lipinski definition) is 4. The summed E-state index contributed by atoms with van der Waals surface area (Å²) in [5.74, 6) is 0.907. The molecule has 2 heterocycles. The largest absolute Gasteiger partial charge is 0.379 e. The number of carbonyl (C=O) groups excluding carboxylic acids is 1. The summed E-state index contributed by atoms with van der Waals surface area (Å²) in [4.78, 5) is 20.6. The monoisotopic (exact) mass is 454 g/mol. The van der Waals surface area contributed by atoms with E-state index < -0.39 is 0 Å². The van der Waals surface area contributed by atoms with Crippen molar-refractivity contribution < 1.29 is 9.53 Å². The van der Waals surface area contributed by atoms with Crippen LogP contribution in [0.1, 0.15) is 37.2 Å². The van der Waals surface area contributed by atoms with Crippen molar-refractivity contribution >= 4 is 28.5 Å². The number of aromatic nitrogens is 2. The van der Waals surface area contributed by atoms with Crippen molar-refractivity contribution in [2.24, 2.45) is 0 Å². The van der Waals surface area contributed by atoms with Gasteiger partial charge in [-0.05, 0) is 30.2 Å². The van der Waals surface area contributed by atoms with Gasteiger partial charge in [-0.2, -0.15) is 0 Å². The summed E-state index contributed by atoms with van der Waals surface area (Å²) in [6, 6.07) is 15.5. The third kappa shape index (κ3) is 5.31. The molecule has 0 bridgehead atoms. The van der Waals surface area contributed by atoms with Crippen LogP contribution < -0.4 is 5.32 Å². The second kappa shape index (κ2) is 10.9. The van der Waals surface area contributed by atoms with E-state index in [1.807, 2.05) is 48.5 Å². The number of imidazole rings is 1. The number of amides is 1. The fraction of sp³-hybridized carbons (Fsp3) is 0.440. The Morgan fingerprint density at radius 1 is 1.16 bits per heavy atom. The zero-order valence-electron chi connectivity index (χ0n) is 18.6. The number of para-hydroxylation sites is 2. The number of fused-ring (bicyclic) bond motifs is 1. The lowest BCUT2D eigenvalue weighted by Crippen LogP contribution is -2.42. The van der Waals surface area contributed by atoms with E-state index >= 15 is 0 Å². The number of hydrogen-bond donors (Lipinski definition) is 1. The summed E-state index contributed by atoms with van der Waals surface area (Å²) in [5.41, 5.74) is 2.89. The lowest BCUT2D eigenvalue weighted by atomic mass is 10.1. The van der Waals surface area contributed by atoms with Crippen LogP contribution in [0.3, 0.4) is 0 Å². The molecule has 32 heavy (non-hydrogen) atoms. The Bertz CT molecular complexity index is 1050. The highest BCUT2D eigenvalue weighted by atomic mass is 35.5. The van der Waals surface area contributed by atoms with Gasteiger partial charge in [0, 0.05) is 37.6 Å². The third-order valence-electron chi connectivity index (χ3n) is 5.98. The first-order valence-electron chi connectivity index (χ1n) is 11.4. The Kier molecular flexibility index (Phi) is 7.79. The summed E-state index contributed by atoms with van der Waals surface area (Å²) in [5, 5.41) is 3.89. The Hall–Kier alpha value is -2.41. The molecule has 6 nitrogen and oxygen atoms in total. The van der Waals surface area contributed by atoms with Crippen LogP contribution in [0.25, 0.3) is 11.0 Å². The Labute approximate surface area is 194 Å². The SMILES string of the molecule is CCC[C@@H](C(=O)NCCN1CCOCC1)n1c(Cc2ccccc2Cl)nc2ccccc21. The summed E-state index contributed by atoms with van der Waals surface area (Å²) in [7, 11) is 0. The first-order chi connectivity index (χ1) is 15.7. The van der Waals surface area contributed by atoms with E-state index in [0.29, 0.717) is 18.0 Å². The van der Waals surface area contributed by atoms with Crippen LogP contribution >= 0.6 is 11.6 Å². The van der Waals surface area contributed by atoms with E-state index in [1.54, 1.807) is 0 Å². The van der Waals surface area contributed by atoms with E-state index in [-0.39, 0.29) is 11.9 Å². The Morgan fingerprint density at radius 3 is 2.69 bits per heavy atom. The fourth-order valence-electron chi connectivity index (χ4n) is 4.31. The summed E-state index contributed by atoms with van der Waals surface area (Å²) in [6.45, 7) is 6.94. The van der Waals surface area contributed by atoms with Crippen molar-refractivity contribution in [2.75, 3.05) is 39.4 Å². The number of rotatable bonds is 9. The topological polar surface area (TPSA) is 59.4 Å². The maximum Gasteiger partial charge on any atom is 0.243 e. The van der Waals surface area contributed by atoms with E-state index in [1.165, 1.54) is 0 Å². The summed E-state index contributed by atoms with van der Waals surface area (Å²) in [6.07, 6.45) is 2.23. The number of nitrogens with zero attached hydrogens (tertiary/aromatic N) is 3. The first kappa shape index (κ1) is 22.8. The summed E-state index contributed by atoms with van der Waals surface area (Å²) >= 11 is 6.44. The van der Waals surface area contributed by atoms with Crippen LogP contribution in [0, 0.1) is 0 Å². The van der Waals surface area contributed by atoms with Crippen molar-refractivity contribution in [2.45, 2.75) is 32.2 Å². The van der Waals surface area contributed by atoms with Crippen LogP contribution in [0.15, 0.2) is 48.5 Å².